The average molecular weight is 570 g/mol. The highest BCUT2D eigenvalue weighted by atomic mass is 35.5. The molecular weight excluding hydrogens is 534 g/mol. The van der Waals surface area contributed by atoms with Crippen LogP contribution in [0.4, 0.5) is 5.69 Å². The maximum absolute atomic E-state index is 14.0. The van der Waals surface area contributed by atoms with E-state index in [1.807, 2.05) is 58.0 Å². The number of sulfonamides is 1. The van der Waals surface area contributed by atoms with Crippen molar-refractivity contribution in [2.24, 2.45) is 0 Å². The highest BCUT2D eigenvalue weighted by Crippen LogP contribution is 2.26. The van der Waals surface area contributed by atoms with E-state index in [-0.39, 0.29) is 23.4 Å². The van der Waals surface area contributed by atoms with Crippen LogP contribution in [0.25, 0.3) is 0 Å². The summed E-state index contributed by atoms with van der Waals surface area (Å²) in [4.78, 5) is 28.5. The minimum absolute atomic E-state index is 0.00834. The number of benzene rings is 3. The van der Waals surface area contributed by atoms with Gasteiger partial charge in [0.1, 0.15) is 12.6 Å². The van der Waals surface area contributed by atoms with Crippen molar-refractivity contribution >= 4 is 39.1 Å². The van der Waals surface area contributed by atoms with Gasteiger partial charge in [0.15, 0.2) is 0 Å². The van der Waals surface area contributed by atoms with E-state index in [4.69, 9.17) is 11.6 Å². The molecule has 3 aromatic carbocycles. The normalized spacial score (nSPS) is 12.9. The third kappa shape index (κ3) is 7.83. The quantitative estimate of drug-likeness (QED) is 0.331. The molecule has 0 fully saturated rings. The number of carbonyl (C=O) groups is 2. The summed E-state index contributed by atoms with van der Waals surface area (Å²) >= 11 is 6.00. The summed E-state index contributed by atoms with van der Waals surface area (Å²) in [6.45, 7) is 8.99. The van der Waals surface area contributed by atoms with Gasteiger partial charge < -0.3 is 10.2 Å². The Hall–Kier alpha value is -3.36. The van der Waals surface area contributed by atoms with Gasteiger partial charge in [0.25, 0.3) is 10.0 Å². The zero-order valence-electron chi connectivity index (χ0n) is 23.0. The predicted molar refractivity (Wildman–Crippen MR) is 156 cm³/mol. The van der Waals surface area contributed by atoms with Gasteiger partial charge in [-0.2, -0.15) is 0 Å². The maximum atomic E-state index is 14.0. The predicted octanol–water partition coefficient (Wildman–Crippen LogP) is 5.48. The van der Waals surface area contributed by atoms with Crippen molar-refractivity contribution in [2.75, 3.05) is 10.8 Å². The third-order valence-corrected chi connectivity index (χ3v) is 8.61. The largest absolute Gasteiger partial charge is 0.352 e. The number of nitrogens with zero attached hydrogens (tertiary/aromatic N) is 2. The Morgan fingerprint density at radius 2 is 1.54 bits per heavy atom. The van der Waals surface area contributed by atoms with Gasteiger partial charge in [-0.05, 0) is 81.6 Å². The second-order valence-corrected chi connectivity index (χ2v) is 12.1. The van der Waals surface area contributed by atoms with Crippen LogP contribution in [-0.4, -0.2) is 43.8 Å². The lowest BCUT2D eigenvalue weighted by Gasteiger charge is -2.32. The molecule has 0 aromatic heterocycles. The molecule has 0 aliphatic heterocycles. The van der Waals surface area contributed by atoms with E-state index in [2.05, 4.69) is 5.32 Å². The lowest BCUT2D eigenvalue weighted by atomic mass is 10.1. The number of aryl methyl sites for hydroxylation is 2. The Morgan fingerprint density at radius 1 is 0.923 bits per heavy atom. The second kappa shape index (κ2) is 13.1. The lowest BCUT2D eigenvalue weighted by molar-refractivity contribution is -0.139. The van der Waals surface area contributed by atoms with Crippen LogP contribution in [0, 0.1) is 13.8 Å². The molecule has 1 N–H and O–H groups in total. The number of hydrogen-bond donors (Lipinski definition) is 1. The van der Waals surface area contributed by atoms with Crippen molar-refractivity contribution in [2.45, 2.75) is 64.6 Å². The molecule has 3 aromatic rings. The molecule has 0 unspecified atom stereocenters. The van der Waals surface area contributed by atoms with E-state index in [0.717, 1.165) is 27.4 Å². The number of nitrogens with one attached hydrogen (secondary N) is 1. The number of hydrogen-bond acceptors (Lipinski definition) is 4. The van der Waals surface area contributed by atoms with Gasteiger partial charge in [-0.1, -0.05) is 60.5 Å². The molecule has 0 aliphatic rings. The first kappa shape index (κ1) is 30.2. The summed E-state index contributed by atoms with van der Waals surface area (Å²) in [5, 5.41) is 3.34. The van der Waals surface area contributed by atoms with E-state index in [0.29, 0.717) is 10.7 Å². The fraction of sp³-hybridized carbons (Fsp3) is 0.333. The molecule has 208 valence electrons. The van der Waals surface area contributed by atoms with Crippen molar-refractivity contribution < 1.29 is 18.0 Å². The van der Waals surface area contributed by atoms with Crippen LogP contribution in [0.15, 0.2) is 77.7 Å². The fourth-order valence-corrected chi connectivity index (χ4v) is 5.63. The van der Waals surface area contributed by atoms with Crippen molar-refractivity contribution in [1.29, 1.82) is 0 Å². The topological polar surface area (TPSA) is 86.8 Å². The molecule has 0 spiro atoms. The minimum Gasteiger partial charge on any atom is -0.352 e. The third-order valence-electron chi connectivity index (χ3n) is 6.57. The van der Waals surface area contributed by atoms with E-state index < -0.39 is 28.5 Å². The number of halogens is 1. The summed E-state index contributed by atoms with van der Waals surface area (Å²) in [7, 11) is -4.14. The van der Waals surface area contributed by atoms with Crippen LogP contribution in [-0.2, 0) is 26.2 Å². The molecule has 0 radical (unpaired) electrons. The van der Waals surface area contributed by atoms with Crippen LogP contribution in [0.2, 0.25) is 5.02 Å². The first-order valence-electron chi connectivity index (χ1n) is 12.9. The van der Waals surface area contributed by atoms with Crippen LogP contribution < -0.4 is 9.62 Å². The standard InChI is InChI=1S/C30H36ClN3O4S/c1-6-23(4)32-30(36)24(5)33(19-25-11-7-9-21(2)17-25)29(35)20-34(27-12-8-10-22(3)18-27)39(37,38)28-15-13-26(31)14-16-28/h7-18,23-24H,6,19-20H2,1-5H3,(H,32,36)/t23-,24-/m0/s1. The van der Waals surface area contributed by atoms with Crippen LogP contribution in [0.1, 0.15) is 43.9 Å². The first-order chi connectivity index (χ1) is 18.4. The zero-order chi connectivity index (χ0) is 28.7. The van der Waals surface area contributed by atoms with Crippen molar-refractivity contribution in [3.8, 4) is 0 Å². The summed E-state index contributed by atoms with van der Waals surface area (Å²) in [5.41, 5.74) is 3.05. The van der Waals surface area contributed by atoms with E-state index in [1.54, 1.807) is 25.1 Å². The Bertz CT molecular complexity index is 1410. The average Bonchev–Trinajstić information content (AvgIpc) is 2.89. The molecule has 2 atom stereocenters. The highest BCUT2D eigenvalue weighted by molar-refractivity contribution is 7.92. The number of anilines is 1. The summed E-state index contributed by atoms with van der Waals surface area (Å²) in [6, 6.07) is 19.6. The summed E-state index contributed by atoms with van der Waals surface area (Å²) in [5.74, 6) is -0.796. The molecule has 9 heteroatoms. The Balaban J connectivity index is 2.03. The molecule has 3 rings (SSSR count). The Labute approximate surface area is 236 Å². The van der Waals surface area contributed by atoms with Gasteiger partial charge in [-0.3, -0.25) is 13.9 Å². The molecular formula is C30H36ClN3O4S. The molecule has 39 heavy (non-hydrogen) atoms. The van der Waals surface area contributed by atoms with Gasteiger partial charge in [0, 0.05) is 17.6 Å². The highest BCUT2D eigenvalue weighted by Gasteiger charge is 2.32. The van der Waals surface area contributed by atoms with Crippen LogP contribution >= 0.6 is 11.6 Å². The van der Waals surface area contributed by atoms with Crippen molar-refractivity contribution in [3.63, 3.8) is 0 Å². The van der Waals surface area contributed by atoms with Gasteiger partial charge >= 0.3 is 0 Å². The molecule has 0 heterocycles. The van der Waals surface area contributed by atoms with E-state index in [1.165, 1.54) is 29.2 Å². The summed E-state index contributed by atoms with van der Waals surface area (Å²) < 4.78 is 28.8. The smallest absolute Gasteiger partial charge is 0.264 e. The first-order valence-corrected chi connectivity index (χ1v) is 14.7. The second-order valence-electron chi connectivity index (χ2n) is 9.81. The molecule has 0 saturated heterocycles. The Kier molecular flexibility index (Phi) is 10.2. The number of carbonyl (C=O) groups excluding carboxylic acids is 2. The number of amides is 2. The summed E-state index contributed by atoms with van der Waals surface area (Å²) in [6.07, 6.45) is 0.741. The molecule has 0 aliphatic carbocycles. The maximum Gasteiger partial charge on any atom is 0.264 e. The van der Waals surface area contributed by atoms with Crippen LogP contribution in [0.5, 0.6) is 0 Å². The van der Waals surface area contributed by atoms with E-state index in [9.17, 15) is 18.0 Å². The molecule has 0 saturated carbocycles. The minimum atomic E-state index is -4.14. The molecule has 0 bridgehead atoms. The zero-order valence-corrected chi connectivity index (χ0v) is 24.6. The van der Waals surface area contributed by atoms with Crippen molar-refractivity contribution in [1.82, 2.24) is 10.2 Å². The molecule has 2 amide bonds. The van der Waals surface area contributed by atoms with E-state index >= 15 is 0 Å². The van der Waals surface area contributed by atoms with Gasteiger partial charge in [-0.25, -0.2) is 8.42 Å². The van der Waals surface area contributed by atoms with Crippen LogP contribution in [0.3, 0.4) is 0 Å². The van der Waals surface area contributed by atoms with Gasteiger partial charge in [-0.15, -0.1) is 0 Å². The van der Waals surface area contributed by atoms with Gasteiger partial charge in [0.05, 0.1) is 10.6 Å². The fourth-order valence-electron chi connectivity index (χ4n) is 4.10. The SMILES string of the molecule is CC[C@H](C)NC(=O)[C@H](C)N(Cc1cccc(C)c1)C(=O)CN(c1cccc(C)c1)S(=O)(=O)c1ccc(Cl)cc1. The number of rotatable bonds is 11. The lowest BCUT2D eigenvalue weighted by Crippen LogP contribution is -2.52. The monoisotopic (exact) mass is 569 g/mol. The van der Waals surface area contributed by atoms with Gasteiger partial charge in [0.2, 0.25) is 11.8 Å². The Morgan fingerprint density at radius 3 is 2.13 bits per heavy atom. The molecule has 7 nitrogen and oxygen atoms in total. The van der Waals surface area contributed by atoms with Crippen molar-refractivity contribution in [3.05, 3.63) is 94.5 Å².